The van der Waals surface area contributed by atoms with E-state index in [9.17, 15) is 19.8 Å². The second-order valence-corrected chi connectivity index (χ2v) is 14.9. The van der Waals surface area contributed by atoms with Crippen molar-refractivity contribution in [2.24, 2.45) is 0 Å². The molecule has 25 heavy (non-hydrogen) atoms. The van der Waals surface area contributed by atoms with Crippen molar-refractivity contribution in [3.8, 4) is 0 Å². The summed E-state index contributed by atoms with van der Waals surface area (Å²) in [6.07, 6.45) is 0. The number of aromatic carboxylic acids is 2. The molecule has 0 spiro atoms. The van der Waals surface area contributed by atoms with Crippen LogP contribution in [0.3, 0.4) is 0 Å². The van der Waals surface area contributed by atoms with Gasteiger partial charge in [0, 0.05) is 0 Å². The van der Waals surface area contributed by atoms with E-state index in [1.807, 2.05) is 38.3 Å². The highest BCUT2D eigenvalue weighted by molar-refractivity contribution is 6.96. The summed E-state index contributed by atoms with van der Waals surface area (Å²) >= 11 is 0. The van der Waals surface area contributed by atoms with Gasteiger partial charge >= 0.3 is 11.9 Å². The van der Waals surface area contributed by atoms with Crippen molar-refractivity contribution >= 4 is 38.9 Å². The molecule has 0 heterocycles. The maximum atomic E-state index is 11.2. The highest BCUT2D eigenvalue weighted by Gasteiger charge is 2.36. The van der Waals surface area contributed by atoms with Gasteiger partial charge < -0.3 is 14.3 Å². The first-order valence-electron chi connectivity index (χ1n) is 7.91. The highest BCUT2D eigenvalue weighted by Crippen LogP contribution is 2.16. The summed E-state index contributed by atoms with van der Waals surface area (Å²) in [6.45, 7) is 8.13. The van der Waals surface area contributed by atoms with Gasteiger partial charge in [0.25, 0.3) is 0 Å². The lowest BCUT2D eigenvalue weighted by molar-refractivity contribution is 0.0686. The largest absolute Gasteiger partial charge is 0.478 e. The third-order valence-electron chi connectivity index (χ3n) is 4.12. The number of hydrogen-bond donors (Lipinski definition) is 2. The average molecular weight is 375 g/mol. The molecular weight excluding hydrogens is 352 g/mol. The van der Waals surface area contributed by atoms with Crippen LogP contribution in [0.1, 0.15) is 20.7 Å². The zero-order valence-corrected chi connectivity index (χ0v) is 16.7. The van der Waals surface area contributed by atoms with Crippen LogP contribution in [-0.2, 0) is 4.12 Å². The topological polar surface area (TPSA) is 83.8 Å². The Kier molecular flexibility index (Phi) is 5.31. The molecule has 7 heteroatoms. The van der Waals surface area contributed by atoms with Gasteiger partial charge in [0.15, 0.2) is 0 Å². The van der Waals surface area contributed by atoms with Crippen LogP contribution in [0.25, 0.3) is 0 Å². The molecule has 0 saturated carbocycles. The van der Waals surface area contributed by atoms with E-state index in [2.05, 4.69) is 0 Å². The minimum absolute atomic E-state index is 0.244. The van der Waals surface area contributed by atoms with Crippen LogP contribution in [0.15, 0.2) is 48.5 Å². The smallest absolute Gasteiger partial charge is 0.335 e. The predicted octanol–water partition coefficient (Wildman–Crippen LogP) is 2.62. The van der Waals surface area contributed by atoms with Crippen molar-refractivity contribution in [2.75, 3.05) is 0 Å². The van der Waals surface area contributed by atoms with Gasteiger partial charge in [-0.15, -0.1) is 0 Å². The van der Waals surface area contributed by atoms with Crippen LogP contribution in [0.2, 0.25) is 26.2 Å². The van der Waals surface area contributed by atoms with Crippen molar-refractivity contribution in [2.45, 2.75) is 26.2 Å². The van der Waals surface area contributed by atoms with Gasteiger partial charge in [-0.3, -0.25) is 0 Å². The fourth-order valence-electron chi connectivity index (χ4n) is 2.81. The first kappa shape index (κ1) is 19.1. The van der Waals surface area contributed by atoms with E-state index in [4.69, 9.17) is 4.12 Å². The molecule has 0 amide bonds. The Morgan fingerprint density at radius 2 is 1.12 bits per heavy atom. The van der Waals surface area contributed by atoms with Crippen LogP contribution in [0, 0.1) is 0 Å². The quantitative estimate of drug-likeness (QED) is 0.760. The fraction of sp³-hybridized carbons (Fsp3) is 0.222. The number of benzene rings is 2. The molecular formula is C18H22O5Si2. The lowest BCUT2D eigenvalue weighted by Crippen LogP contribution is -2.57. The SMILES string of the molecule is C[Si](C)(O[Si](C)(C)c1cccc(C(=O)O)c1)c1cccc(C(=O)O)c1. The lowest BCUT2D eigenvalue weighted by Gasteiger charge is -2.34. The minimum Gasteiger partial charge on any atom is -0.478 e. The van der Waals surface area contributed by atoms with Gasteiger partial charge in [-0.2, -0.15) is 0 Å². The van der Waals surface area contributed by atoms with E-state index in [1.54, 1.807) is 36.4 Å². The Bertz CT molecular complexity index is 747. The molecule has 2 aromatic carbocycles. The number of carboxylic acids is 2. The van der Waals surface area contributed by atoms with Crippen molar-refractivity contribution in [1.82, 2.24) is 0 Å². The molecule has 0 aliphatic carbocycles. The minimum atomic E-state index is -2.37. The molecule has 0 fully saturated rings. The van der Waals surface area contributed by atoms with Crippen LogP contribution >= 0.6 is 0 Å². The van der Waals surface area contributed by atoms with E-state index in [1.165, 1.54) is 0 Å². The summed E-state index contributed by atoms with van der Waals surface area (Å²) in [5.74, 6) is -1.92. The molecule has 0 aliphatic heterocycles. The molecule has 0 saturated heterocycles. The standard InChI is InChI=1S/C18H22O5Si2/c1-24(2,15-9-5-7-13(11-15)17(19)20)23-25(3,4)16-10-6-8-14(12-16)18(21)22/h5-12H,1-4H3,(H,19,20)(H,21,22). The Morgan fingerprint density at radius 1 is 0.760 bits per heavy atom. The normalized spacial score (nSPS) is 12.0. The Balaban J connectivity index is 2.35. The summed E-state index contributed by atoms with van der Waals surface area (Å²) in [4.78, 5) is 22.4. The Hall–Kier alpha value is -2.23. The van der Waals surface area contributed by atoms with Crippen molar-refractivity contribution in [3.05, 3.63) is 59.7 Å². The van der Waals surface area contributed by atoms with Crippen LogP contribution in [0.5, 0.6) is 0 Å². The van der Waals surface area contributed by atoms with E-state index in [-0.39, 0.29) is 11.1 Å². The summed E-state index contributed by atoms with van der Waals surface area (Å²) in [6, 6.07) is 13.7. The molecule has 0 aliphatic rings. The van der Waals surface area contributed by atoms with Gasteiger partial charge in [-0.25, -0.2) is 9.59 Å². The van der Waals surface area contributed by atoms with Crippen LogP contribution in [-0.4, -0.2) is 38.8 Å². The Labute approximate surface area is 149 Å². The monoisotopic (exact) mass is 374 g/mol. The Morgan fingerprint density at radius 3 is 1.44 bits per heavy atom. The number of rotatable bonds is 6. The van der Waals surface area contributed by atoms with Crippen molar-refractivity contribution < 1.29 is 23.9 Å². The van der Waals surface area contributed by atoms with E-state index >= 15 is 0 Å². The number of carbonyl (C=O) groups is 2. The zero-order chi connectivity index (χ0) is 18.8. The van der Waals surface area contributed by atoms with Crippen molar-refractivity contribution in [1.29, 1.82) is 0 Å². The molecule has 2 rings (SSSR count). The second kappa shape index (κ2) is 6.95. The lowest BCUT2D eigenvalue weighted by atomic mass is 10.2. The molecule has 2 N–H and O–H groups in total. The molecule has 0 radical (unpaired) electrons. The van der Waals surface area contributed by atoms with E-state index < -0.39 is 28.6 Å². The summed E-state index contributed by atoms with van der Waals surface area (Å²) in [5, 5.41) is 20.2. The fourth-order valence-corrected chi connectivity index (χ4v) is 10.9. The summed E-state index contributed by atoms with van der Waals surface area (Å²) < 4.78 is 6.56. The maximum Gasteiger partial charge on any atom is 0.335 e. The summed E-state index contributed by atoms with van der Waals surface area (Å²) in [5.41, 5.74) is 0.489. The first-order valence-corrected chi connectivity index (χ1v) is 13.7. The zero-order valence-electron chi connectivity index (χ0n) is 14.7. The van der Waals surface area contributed by atoms with E-state index in [0.29, 0.717) is 0 Å². The molecule has 0 aromatic heterocycles. The third-order valence-corrected chi connectivity index (χ3v) is 11.6. The molecule has 5 nitrogen and oxygen atoms in total. The van der Waals surface area contributed by atoms with Gasteiger partial charge in [-0.1, -0.05) is 24.3 Å². The van der Waals surface area contributed by atoms with Crippen LogP contribution < -0.4 is 10.4 Å². The molecule has 132 valence electrons. The van der Waals surface area contributed by atoms with E-state index in [0.717, 1.165) is 10.4 Å². The second-order valence-electron chi connectivity index (χ2n) is 6.89. The van der Waals surface area contributed by atoms with Gasteiger partial charge in [0.1, 0.15) is 0 Å². The molecule has 0 unspecified atom stereocenters. The number of carboxylic acid groups (broad SMARTS) is 2. The molecule has 0 atom stereocenters. The third kappa shape index (κ3) is 4.44. The van der Waals surface area contributed by atoms with Gasteiger partial charge in [-0.05, 0) is 60.8 Å². The van der Waals surface area contributed by atoms with Gasteiger partial charge in [0.2, 0.25) is 16.6 Å². The average Bonchev–Trinajstić information content (AvgIpc) is 2.54. The van der Waals surface area contributed by atoms with Crippen molar-refractivity contribution in [3.63, 3.8) is 0 Å². The first-order chi connectivity index (χ1) is 11.5. The predicted molar refractivity (Wildman–Crippen MR) is 102 cm³/mol. The summed E-state index contributed by atoms with van der Waals surface area (Å²) in [7, 11) is -4.74. The molecule has 2 aromatic rings. The van der Waals surface area contributed by atoms with Crippen LogP contribution in [0.4, 0.5) is 0 Å². The maximum absolute atomic E-state index is 11.2. The van der Waals surface area contributed by atoms with Gasteiger partial charge in [0.05, 0.1) is 11.1 Å². The number of hydrogen-bond acceptors (Lipinski definition) is 3. The molecule has 0 bridgehead atoms. The highest BCUT2D eigenvalue weighted by atomic mass is 28.4.